The van der Waals surface area contributed by atoms with Crippen LogP contribution in [-0.2, 0) is 21.4 Å². The van der Waals surface area contributed by atoms with Crippen molar-refractivity contribution >= 4 is 23.3 Å². The van der Waals surface area contributed by atoms with Gasteiger partial charge < -0.3 is 15.2 Å². The van der Waals surface area contributed by atoms with Gasteiger partial charge in [0.1, 0.15) is 5.75 Å². The number of anilines is 1. The first-order chi connectivity index (χ1) is 17.4. The van der Waals surface area contributed by atoms with Crippen LogP contribution in [0.4, 0.5) is 11.4 Å². The number of pyridine rings is 1. The molecule has 1 saturated carbocycles. The van der Waals surface area contributed by atoms with E-state index in [1.807, 2.05) is 37.4 Å². The molecule has 36 heavy (non-hydrogen) atoms. The third kappa shape index (κ3) is 4.55. The van der Waals surface area contributed by atoms with E-state index >= 15 is 0 Å². The average Bonchev–Trinajstić information content (AvgIpc) is 3.60. The van der Waals surface area contributed by atoms with E-state index in [1.165, 1.54) is 0 Å². The Morgan fingerprint density at radius 3 is 2.78 bits per heavy atom. The Labute approximate surface area is 210 Å². The fourth-order valence-corrected chi connectivity index (χ4v) is 5.18. The Bertz CT molecular complexity index is 1380. The van der Waals surface area contributed by atoms with Gasteiger partial charge in [-0.3, -0.25) is 14.6 Å². The Morgan fingerprint density at radius 1 is 1.19 bits per heavy atom. The number of carbonyl (C=O) groups excluding carboxylic acids is 1. The van der Waals surface area contributed by atoms with Gasteiger partial charge in [-0.2, -0.15) is 0 Å². The lowest BCUT2D eigenvalue weighted by atomic mass is 9.85. The van der Waals surface area contributed by atoms with Crippen molar-refractivity contribution in [3.05, 3.63) is 83.0 Å². The molecule has 2 heterocycles. The first-order valence-electron chi connectivity index (χ1n) is 12.1. The van der Waals surface area contributed by atoms with Crippen LogP contribution in [0.25, 0.3) is 16.0 Å². The molecule has 0 unspecified atom stereocenters. The van der Waals surface area contributed by atoms with Crippen LogP contribution in [0, 0.1) is 19.4 Å². The minimum atomic E-state index is -0.850. The van der Waals surface area contributed by atoms with Crippen molar-refractivity contribution in [3.8, 4) is 16.9 Å². The van der Waals surface area contributed by atoms with Crippen molar-refractivity contribution in [1.82, 2.24) is 4.98 Å². The van der Waals surface area contributed by atoms with Crippen molar-refractivity contribution in [2.24, 2.45) is 5.92 Å². The number of carbonyl (C=O) groups is 2. The van der Waals surface area contributed by atoms with Crippen LogP contribution in [0.3, 0.4) is 0 Å². The molecule has 1 aromatic heterocycles. The molecule has 1 spiro atoms. The maximum absolute atomic E-state index is 13.5. The Kier molecular flexibility index (Phi) is 6.19. The van der Waals surface area contributed by atoms with Crippen LogP contribution in [0.1, 0.15) is 42.5 Å². The van der Waals surface area contributed by atoms with Gasteiger partial charge in [0.2, 0.25) is 5.91 Å². The number of benzene rings is 2. The summed E-state index contributed by atoms with van der Waals surface area (Å²) in [6, 6.07) is 15.4. The zero-order valence-corrected chi connectivity index (χ0v) is 20.1. The summed E-state index contributed by atoms with van der Waals surface area (Å²) in [4.78, 5) is 32.3. The highest BCUT2D eigenvalue weighted by Crippen LogP contribution is 2.61. The number of aromatic nitrogens is 1. The van der Waals surface area contributed by atoms with E-state index in [-0.39, 0.29) is 23.7 Å². The lowest BCUT2D eigenvalue weighted by Gasteiger charge is -2.27. The smallest absolute Gasteiger partial charge is 0.303 e. The molecule has 2 N–H and O–H groups in total. The van der Waals surface area contributed by atoms with Crippen LogP contribution >= 0.6 is 0 Å². The van der Waals surface area contributed by atoms with E-state index in [1.54, 1.807) is 18.2 Å². The van der Waals surface area contributed by atoms with E-state index in [0.717, 1.165) is 46.5 Å². The van der Waals surface area contributed by atoms with Gasteiger partial charge >= 0.3 is 5.97 Å². The number of hydrogen-bond donors (Lipinski definition) is 2. The lowest BCUT2D eigenvalue weighted by Crippen LogP contribution is -2.27. The average molecular weight is 482 g/mol. The number of aliphatic carboxylic acids is 1. The molecule has 2 aliphatic rings. The van der Waals surface area contributed by atoms with E-state index in [4.69, 9.17) is 16.4 Å². The molecule has 7 nitrogen and oxygen atoms in total. The fraction of sp³-hybridized carbons (Fsp3) is 0.310. The third-order valence-electron chi connectivity index (χ3n) is 7.28. The zero-order valence-electron chi connectivity index (χ0n) is 20.1. The summed E-state index contributed by atoms with van der Waals surface area (Å²) in [6.45, 7) is 9.86. The molecule has 0 bridgehead atoms. The fourth-order valence-electron chi connectivity index (χ4n) is 5.18. The number of carboxylic acids is 1. The molecule has 182 valence electrons. The summed E-state index contributed by atoms with van der Waals surface area (Å²) in [5.41, 5.74) is 5.68. The Balaban J connectivity index is 1.39. The second-order valence-corrected chi connectivity index (χ2v) is 9.60. The second kappa shape index (κ2) is 9.46. The van der Waals surface area contributed by atoms with Gasteiger partial charge in [-0.1, -0.05) is 24.3 Å². The number of amides is 1. The third-order valence-corrected chi connectivity index (χ3v) is 7.28. The number of aryl methyl sites for hydroxylation is 2. The van der Waals surface area contributed by atoms with E-state index in [0.29, 0.717) is 30.8 Å². The topological polar surface area (TPSA) is 92.9 Å². The molecule has 2 atom stereocenters. The maximum Gasteiger partial charge on any atom is 0.303 e. The SMILES string of the molecule is [C-]#[N+]c1ccc(CCCC(=O)O)c(NC(=O)[C@@H]2C[C@]23CCOc2ccc(-c4ccc(C)nc4)cc23)c1. The van der Waals surface area contributed by atoms with Gasteiger partial charge in [-0.25, -0.2) is 4.85 Å². The lowest BCUT2D eigenvalue weighted by molar-refractivity contribution is -0.137. The molecule has 1 fully saturated rings. The van der Waals surface area contributed by atoms with E-state index < -0.39 is 5.97 Å². The number of ether oxygens (including phenoxy) is 1. The molecule has 0 saturated heterocycles. The number of nitrogens with zero attached hydrogens (tertiary/aromatic N) is 2. The first-order valence-corrected chi connectivity index (χ1v) is 12.1. The van der Waals surface area contributed by atoms with Gasteiger partial charge in [-0.15, -0.1) is 0 Å². The Morgan fingerprint density at radius 2 is 2.03 bits per heavy atom. The van der Waals surface area contributed by atoms with Gasteiger partial charge in [0.25, 0.3) is 0 Å². The summed E-state index contributed by atoms with van der Waals surface area (Å²) in [7, 11) is 0. The van der Waals surface area contributed by atoms with Gasteiger partial charge in [0, 0.05) is 46.5 Å². The highest BCUT2D eigenvalue weighted by molar-refractivity contribution is 5.97. The molecule has 7 heteroatoms. The van der Waals surface area contributed by atoms with Crippen molar-refractivity contribution in [2.75, 3.05) is 11.9 Å². The van der Waals surface area contributed by atoms with Crippen LogP contribution < -0.4 is 10.1 Å². The molecule has 5 rings (SSSR count). The Hall–Kier alpha value is -4.18. The van der Waals surface area contributed by atoms with Crippen LogP contribution in [-0.4, -0.2) is 28.6 Å². The van der Waals surface area contributed by atoms with Crippen molar-refractivity contribution in [2.45, 2.75) is 44.4 Å². The largest absolute Gasteiger partial charge is 0.493 e. The zero-order chi connectivity index (χ0) is 25.3. The molecule has 1 aliphatic carbocycles. The molecule has 1 amide bonds. The van der Waals surface area contributed by atoms with Crippen LogP contribution in [0.15, 0.2) is 54.7 Å². The molecule has 3 aromatic rings. The van der Waals surface area contributed by atoms with Crippen LogP contribution in [0.5, 0.6) is 5.75 Å². The van der Waals surface area contributed by atoms with E-state index in [2.05, 4.69) is 21.2 Å². The molecular formula is C29H27N3O4. The quantitative estimate of drug-likeness (QED) is 0.423. The van der Waals surface area contributed by atoms with Gasteiger partial charge in [0.05, 0.1) is 13.2 Å². The summed E-state index contributed by atoms with van der Waals surface area (Å²) >= 11 is 0. The number of rotatable bonds is 7. The van der Waals surface area contributed by atoms with Gasteiger partial charge in [0.15, 0.2) is 5.69 Å². The number of hydrogen-bond acceptors (Lipinski definition) is 4. The predicted molar refractivity (Wildman–Crippen MR) is 136 cm³/mol. The molecule has 1 aliphatic heterocycles. The normalized spacial score (nSPS) is 19.6. The van der Waals surface area contributed by atoms with Gasteiger partial charge in [-0.05, 0) is 68.0 Å². The minimum absolute atomic E-state index is 0.0549. The van der Waals surface area contributed by atoms with Crippen LogP contribution in [0.2, 0.25) is 0 Å². The molecule has 0 radical (unpaired) electrons. The van der Waals surface area contributed by atoms with Crippen molar-refractivity contribution in [1.29, 1.82) is 0 Å². The standard InChI is InChI=1S/C29H27N3O4/c1-18-6-7-21(17-31-18)20-9-11-26-23(14-20)29(12-13-36-26)16-24(29)28(35)32-25-15-22(30-2)10-8-19(25)4-3-5-27(33)34/h6-11,14-15,17,24H,3-5,12-13,16H2,1H3,(H,32,35)(H,33,34)/t24-,29-/m0/s1. The number of fused-ring (bicyclic) bond motifs is 2. The van der Waals surface area contributed by atoms with E-state index in [9.17, 15) is 9.59 Å². The maximum atomic E-state index is 13.5. The molecular weight excluding hydrogens is 454 g/mol. The highest BCUT2D eigenvalue weighted by Gasteiger charge is 2.61. The molecule has 2 aromatic carbocycles. The second-order valence-electron chi connectivity index (χ2n) is 9.60. The number of carboxylic acid groups (broad SMARTS) is 1. The summed E-state index contributed by atoms with van der Waals surface area (Å²) in [5, 5.41) is 12.0. The predicted octanol–water partition coefficient (Wildman–Crippen LogP) is 5.69. The summed E-state index contributed by atoms with van der Waals surface area (Å²) < 4.78 is 5.94. The summed E-state index contributed by atoms with van der Waals surface area (Å²) in [5.74, 6) is -0.302. The first kappa shape index (κ1) is 23.6. The monoisotopic (exact) mass is 481 g/mol. The van der Waals surface area contributed by atoms with Crippen molar-refractivity contribution in [3.63, 3.8) is 0 Å². The summed E-state index contributed by atoms with van der Waals surface area (Å²) in [6.07, 6.45) is 4.40. The highest BCUT2D eigenvalue weighted by atomic mass is 16.5. The van der Waals surface area contributed by atoms with Crippen molar-refractivity contribution < 1.29 is 19.4 Å². The minimum Gasteiger partial charge on any atom is -0.493 e. The number of nitrogens with one attached hydrogen (secondary N) is 1.